The highest BCUT2D eigenvalue weighted by atomic mass is 16.5. The topological polar surface area (TPSA) is 119 Å². The number of H-pyrrole nitrogens is 1. The lowest BCUT2D eigenvalue weighted by atomic mass is 9.94. The highest BCUT2D eigenvalue weighted by molar-refractivity contribution is 6.06. The molecule has 0 spiro atoms. The largest absolute Gasteiger partial charge is 0.494 e. The molecular formula is C28H37N7O3. The summed E-state index contributed by atoms with van der Waals surface area (Å²) in [6.07, 6.45) is 8.51. The van der Waals surface area contributed by atoms with E-state index in [0.29, 0.717) is 60.6 Å². The van der Waals surface area contributed by atoms with E-state index in [0.717, 1.165) is 36.9 Å². The maximum Gasteiger partial charge on any atom is 0.222 e. The molecule has 2 aromatic heterocycles. The quantitative estimate of drug-likeness (QED) is 0.457. The summed E-state index contributed by atoms with van der Waals surface area (Å²) in [4.78, 5) is 33.1. The average Bonchev–Trinajstić information content (AvgIpc) is 3.27. The Kier molecular flexibility index (Phi) is 7.95. The number of aliphatic imine (C=N–C) groups is 1. The zero-order valence-corrected chi connectivity index (χ0v) is 22.2. The van der Waals surface area contributed by atoms with Crippen molar-refractivity contribution in [2.75, 3.05) is 50.1 Å². The predicted molar refractivity (Wildman–Crippen MR) is 150 cm³/mol. The number of hydrogen-bond donors (Lipinski definition) is 3. The van der Waals surface area contributed by atoms with Gasteiger partial charge in [0.25, 0.3) is 0 Å². The van der Waals surface area contributed by atoms with Crippen molar-refractivity contribution in [2.45, 2.75) is 45.4 Å². The molecule has 10 heteroatoms. The smallest absolute Gasteiger partial charge is 0.222 e. The lowest BCUT2D eigenvalue weighted by molar-refractivity contribution is -0.130. The van der Waals surface area contributed by atoms with Crippen LogP contribution in [0.3, 0.4) is 0 Å². The maximum absolute atomic E-state index is 12.6. The van der Waals surface area contributed by atoms with E-state index in [1.54, 1.807) is 11.1 Å². The Labute approximate surface area is 223 Å². The van der Waals surface area contributed by atoms with Crippen LogP contribution < -0.4 is 15.0 Å². The second-order valence-corrected chi connectivity index (χ2v) is 10.1. The van der Waals surface area contributed by atoms with Crippen molar-refractivity contribution in [1.29, 1.82) is 0 Å². The summed E-state index contributed by atoms with van der Waals surface area (Å²) in [5.74, 6) is 2.25. The van der Waals surface area contributed by atoms with Crippen LogP contribution in [0.5, 0.6) is 11.6 Å². The predicted octanol–water partition coefficient (Wildman–Crippen LogP) is 4.47. The Morgan fingerprint density at radius 1 is 1.16 bits per heavy atom. The van der Waals surface area contributed by atoms with E-state index >= 15 is 0 Å². The van der Waals surface area contributed by atoms with Crippen LogP contribution >= 0.6 is 0 Å². The lowest BCUT2D eigenvalue weighted by Gasteiger charge is -2.34. The zero-order valence-electron chi connectivity index (χ0n) is 22.2. The van der Waals surface area contributed by atoms with Gasteiger partial charge in [0.05, 0.1) is 28.9 Å². The zero-order chi connectivity index (χ0) is 26.5. The summed E-state index contributed by atoms with van der Waals surface area (Å²) in [5, 5.41) is 14.6. The minimum atomic E-state index is -0.0149. The first kappa shape index (κ1) is 25.8. The highest BCUT2D eigenvalue weighted by Gasteiger charge is 2.21. The minimum absolute atomic E-state index is 0.0149. The second kappa shape index (κ2) is 11.7. The van der Waals surface area contributed by atoms with Gasteiger partial charge >= 0.3 is 0 Å². The fraction of sp³-hybridized carbons (Fsp3) is 0.500. The van der Waals surface area contributed by atoms with Gasteiger partial charge in [-0.1, -0.05) is 13.3 Å². The number of anilines is 2. The number of benzene rings is 1. The Hall–Kier alpha value is -3.82. The number of rotatable bonds is 2. The number of aromatic nitrogens is 3. The Morgan fingerprint density at radius 3 is 2.82 bits per heavy atom. The molecule has 3 aromatic rings. The molecule has 2 aliphatic heterocycles. The first-order chi connectivity index (χ1) is 18.5. The van der Waals surface area contributed by atoms with Crippen molar-refractivity contribution in [3.05, 3.63) is 30.1 Å². The van der Waals surface area contributed by atoms with Gasteiger partial charge < -0.3 is 29.9 Å². The van der Waals surface area contributed by atoms with Crippen LogP contribution in [0.1, 0.15) is 51.0 Å². The number of piperidine rings is 1. The van der Waals surface area contributed by atoms with Crippen molar-refractivity contribution in [3.8, 4) is 11.6 Å². The lowest BCUT2D eigenvalue weighted by Crippen LogP contribution is -2.33. The number of ether oxygens (including phenoxy) is 1. The molecule has 1 fully saturated rings. The molecule has 0 radical (unpaired) electrons. The summed E-state index contributed by atoms with van der Waals surface area (Å²) < 4.78 is 6.26. The molecule has 0 unspecified atom stereocenters. The van der Waals surface area contributed by atoms with Gasteiger partial charge in [-0.3, -0.25) is 9.79 Å². The monoisotopic (exact) mass is 519 g/mol. The van der Waals surface area contributed by atoms with Crippen molar-refractivity contribution in [2.24, 2.45) is 10.9 Å². The molecule has 1 amide bonds. The molecule has 5 rings (SSSR count). The van der Waals surface area contributed by atoms with Crippen molar-refractivity contribution < 1.29 is 14.6 Å². The first-order valence-corrected chi connectivity index (χ1v) is 13.6. The number of aromatic hydroxyl groups is 1. The third-order valence-corrected chi connectivity index (χ3v) is 7.61. The average molecular weight is 520 g/mol. The molecule has 10 nitrogen and oxygen atoms in total. The third kappa shape index (κ3) is 5.69. The number of fused-ring (bicyclic) bond motifs is 2. The third-order valence-electron chi connectivity index (χ3n) is 7.61. The van der Waals surface area contributed by atoms with Gasteiger partial charge in [0.15, 0.2) is 5.88 Å². The SMILES string of the molecule is CCC1CCN(c2ccc3cc2OCCCC(=O)N(C)CCCNc2ncnc4[nH]c(O)c(c24)C=N3)CC1. The molecule has 2 aliphatic rings. The maximum atomic E-state index is 12.6. The summed E-state index contributed by atoms with van der Waals surface area (Å²) >= 11 is 0. The number of hydrogen-bond acceptors (Lipinski definition) is 8. The van der Waals surface area contributed by atoms with Crippen molar-refractivity contribution in [1.82, 2.24) is 19.9 Å². The van der Waals surface area contributed by atoms with Crippen LogP contribution in [0, 0.1) is 5.92 Å². The molecule has 1 aromatic carbocycles. The van der Waals surface area contributed by atoms with Crippen LogP contribution in [-0.2, 0) is 4.79 Å². The number of nitrogens with one attached hydrogen (secondary N) is 2. The number of aromatic amines is 1. The van der Waals surface area contributed by atoms with E-state index in [4.69, 9.17) is 4.74 Å². The Balaban J connectivity index is 1.48. The van der Waals surface area contributed by atoms with Gasteiger partial charge in [0.1, 0.15) is 23.5 Å². The number of amides is 1. The van der Waals surface area contributed by atoms with Crippen LogP contribution in [-0.4, -0.2) is 76.9 Å². The summed E-state index contributed by atoms with van der Waals surface area (Å²) in [7, 11) is 1.84. The van der Waals surface area contributed by atoms with Gasteiger partial charge in [-0.25, -0.2) is 9.97 Å². The van der Waals surface area contributed by atoms with Crippen LogP contribution in [0.15, 0.2) is 29.5 Å². The number of carbonyl (C=O) groups excluding carboxylic acids is 1. The van der Waals surface area contributed by atoms with E-state index in [1.165, 1.54) is 25.6 Å². The normalized spacial score (nSPS) is 18.1. The Bertz CT molecular complexity index is 1300. The van der Waals surface area contributed by atoms with Gasteiger partial charge in [-0.15, -0.1) is 0 Å². The standard InChI is InChI=1S/C28H37N7O3/c1-3-19-9-13-35(14-10-19)22-8-7-20-16-23(22)38-15-4-6-24(36)34(2)12-5-11-29-26-25-21(17-30-20)28(37)33-27(25)32-18-31-26/h7-8,16-19,37H,3-6,9-15H2,1-2H3,(H2,29,31,32,33). The van der Waals surface area contributed by atoms with Gasteiger partial charge in [-0.2, -0.15) is 0 Å². The molecule has 38 heavy (non-hydrogen) atoms. The molecule has 3 N–H and O–H groups in total. The summed E-state index contributed by atoms with van der Waals surface area (Å²) in [6.45, 7) is 5.97. The van der Waals surface area contributed by atoms with Gasteiger partial charge in [-0.05, 0) is 43.7 Å². The van der Waals surface area contributed by atoms with Gasteiger partial charge in [0.2, 0.25) is 5.91 Å². The highest BCUT2D eigenvalue weighted by Crippen LogP contribution is 2.36. The molecule has 2 bridgehead atoms. The molecule has 202 valence electrons. The molecule has 1 saturated heterocycles. The number of carbonyl (C=O) groups is 1. The Morgan fingerprint density at radius 2 is 2.00 bits per heavy atom. The molecule has 4 heterocycles. The van der Waals surface area contributed by atoms with Crippen LogP contribution in [0.25, 0.3) is 11.0 Å². The second-order valence-electron chi connectivity index (χ2n) is 10.1. The number of nitrogens with zero attached hydrogens (tertiary/aromatic N) is 5. The van der Waals surface area contributed by atoms with Crippen LogP contribution in [0.4, 0.5) is 17.2 Å². The van der Waals surface area contributed by atoms with E-state index < -0.39 is 0 Å². The van der Waals surface area contributed by atoms with E-state index in [2.05, 4.69) is 43.2 Å². The van der Waals surface area contributed by atoms with Crippen LogP contribution in [0.2, 0.25) is 0 Å². The summed E-state index contributed by atoms with van der Waals surface area (Å²) in [5.41, 5.74) is 2.82. The van der Waals surface area contributed by atoms with Crippen molar-refractivity contribution >= 4 is 40.3 Å². The molecule has 0 saturated carbocycles. The van der Waals surface area contributed by atoms with Crippen molar-refractivity contribution in [3.63, 3.8) is 0 Å². The fourth-order valence-electron chi connectivity index (χ4n) is 5.22. The van der Waals surface area contributed by atoms with E-state index in [-0.39, 0.29) is 11.8 Å². The summed E-state index contributed by atoms with van der Waals surface area (Å²) in [6, 6.07) is 5.98. The van der Waals surface area contributed by atoms with Gasteiger partial charge in [0, 0.05) is 51.9 Å². The minimum Gasteiger partial charge on any atom is -0.494 e. The van der Waals surface area contributed by atoms with E-state index in [9.17, 15) is 9.90 Å². The molecular weight excluding hydrogens is 482 g/mol. The van der Waals surface area contributed by atoms with E-state index in [1.807, 2.05) is 19.2 Å². The molecule has 0 aliphatic carbocycles. The molecule has 0 atom stereocenters. The first-order valence-electron chi connectivity index (χ1n) is 13.6. The fourth-order valence-corrected chi connectivity index (χ4v) is 5.22.